The van der Waals surface area contributed by atoms with Crippen molar-refractivity contribution in [2.24, 2.45) is 9.98 Å². The van der Waals surface area contributed by atoms with E-state index in [0.29, 0.717) is 50.6 Å². The van der Waals surface area contributed by atoms with Crippen molar-refractivity contribution in [2.45, 2.75) is 103 Å². The second kappa shape index (κ2) is 16.4. The Kier molecular flexibility index (Phi) is 13.1. The molecule has 259 valence electrons. The fourth-order valence-electron chi connectivity index (χ4n) is 6.51. The van der Waals surface area contributed by atoms with E-state index < -0.39 is 0 Å². The predicted molar refractivity (Wildman–Crippen MR) is 183 cm³/mol. The van der Waals surface area contributed by atoms with Crippen LogP contribution in [-0.4, -0.2) is 86.9 Å². The molecule has 47 heavy (non-hydrogen) atoms. The molecule has 1 radical (unpaired) electrons. The molecule has 9 heteroatoms. The molecule has 0 amide bonds. The molecule has 8 nitrogen and oxygen atoms in total. The smallest absolute Gasteiger partial charge is 0.872 e. The number of nitrogens with zero attached hydrogens (tertiary/aromatic N) is 4. The standard InChI is InChI=1S/C38H56N4O4.Co/c1-37(2,3)31-19-27(35(43)29(21-31)25-41-11-15-45-16-12-41)23-39-33-9-7-8-10-34(33)40-24-28-20-32(38(4,5)6)22-30(36(28)44)26-42-13-17-46-18-14-42;/h19-24,33-34,43-44H,7-18,25-26H2,1-6H3;/q;+2/p-2/t33-,34-;/m1./s1. The van der Waals surface area contributed by atoms with Crippen molar-refractivity contribution in [3.8, 4) is 11.5 Å². The molecule has 0 N–H and O–H groups in total. The van der Waals surface area contributed by atoms with Crippen molar-refractivity contribution in [1.82, 2.24) is 9.80 Å². The molecule has 2 heterocycles. The summed E-state index contributed by atoms with van der Waals surface area (Å²) in [7, 11) is 0. The van der Waals surface area contributed by atoms with Crippen LogP contribution >= 0.6 is 0 Å². The fourth-order valence-corrected chi connectivity index (χ4v) is 6.51. The molecule has 1 aliphatic carbocycles. The summed E-state index contributed by atoms with van der Waals surface area (Å²) >= 11 is 0. The molecule has 2 aromatic rings. The number of morpholine rings is 2. The average molecular weight is 690 g/mol. The van der Waals surface area contributed by atoms with Gasteiger partial charge in [-0.1, -0.05) is 90.1 Å². The van der Waals surface area contributed by atoms with Crippen molar-refractivity contribution in [3.05, 3.63) is 57.6 Å². The molecule has 1 saturated carbocycles. The third kappa shape index (κ3) is 10.1. The monoisotopic (exact) mass is 689 g/mol. The van der Waals surface area contributed by atoms with Crippen molar-refractivity contribution in [1.29, 1.82) is 0 Å². The second-order valence-electron chi connectivity index (χ2n) is 15.4. The van der Waals surface area contributed by atoms with Crippen LogP contribution in [0.2, 0.25) is 0 Å². The van der Waals surface area contributed by atoms with Gasteiger partial charge in [0, 0.05) is 51.7 Å². The summed E-state index contributed by atoms with van der Waals surface area (Å²) in [5.74, 6) is 0.115. The largest absolute Gasteiger partial charge is 2.00 e. The zero-order chi connectivity index (χ0) is 32.9. The van der Waals surface area contributed by atoms with Crippen LogP contribution < -0.4 is 10.2 Å². The topological polar surface area (TPSA) is 95.8 Å². The minimum atomic E-state index is -0.0913. The first-order valence-corrected chi connectivity index (χ1v) is 17.2. The molecule has 2 aliphatic heterocycles. The van der Waals surface area contributed by atoms with Gasteiger partial charge in [-0.25, -0.2) is 0 Å². The maximum Gasteiger partial charge on any atom is 2.00 e. The number of ether oxygens (including phenoxy) is 2. The summed E-state index contributed by atoms with van der Waals surface area (Å²) in [5, 5.41) is 27.4. The van der Waals surface area contributed by atoms with Gasteiger partial charge in [-0.15, -0.1) is 0 Å². The maximum atomic E-state index is 13.7. The van der Waals surface area contributed by atoms with E-state index in [0.717, 1.165) is 74.1 Å². The minimum absolute atomic E-state index is 0. The first-order chi connectivity index (χ1) is 21.9. The normalized spacial score (nSPS) is 22.2. The van der Waals surface area contributed by atoms with Gasteiger partial charge in [0.2, 0.25) is 0 Å². The van der Waals surface area contributed by atoms with E-state index in [2.05, 4.69) is 63.5 Å². The molecule has 0 spiro atoms. The van der Waals surface area contributed by atoms with Gasteiger partial charge < -0.3 is 19.7 Å². The Balaban J connectivity index is 0.00000500. The first kappa shape index (κ1) is 37.5. The first-order valence-electron chi connectivity index (χ1n) is 17.2. The van der Waals surface area contributed by atoms with Crippen molar-refractivity contribution in [2.75, 3.05) is 52.6 Å². The maximum absolute atomic E-state index is 13.7. The zero-order valence-electron chi connectivity index (χ0n) is 29.3. The van der Waals surface area contributed by atoms with Crippen molar-refractivity contribution < 1.29 is 36.5 Å². The zero-order valence-corrected chi connectivity index (χ0v) is 30.3. The van der Waals surface area contributed by atoms with Gasteiger partial charge in [0.05, 0.1) is 38.5 Å². The SMILES string of the molecule is CC(C)(C)c1cc(C=N[C@@H]2CCCC[C@H]2N=Cc2cc(C(C)(C)C)cc(CN3CCOCC3)c2[O-])c([O-])c(CN2CCOCC2)c1.[Co+2]. The third-order valence-corrected chi connectivity index (χ3v) is 9.62. The van der Waals surface area contributed by atoms with Crippen molar-refractivity contribution >= 4 is 12.4 Å². The molecule has 3 fully saturated rings. The average Bonchev–Trinajstić information content (AvgIpc) is 3.02. The Hall–Kier alpha value is -2.27. The number of hydrogen-bond acceptors (Lipinski definition) is 8. The van der Waals surface area contributed by atoms with E-state index in [9.17, 15) is 10.2 Å². The Morgan fingerprint density at radius 3 is 1.36 bits per heavy atom. The Labute approximate surface area is 292 Å². The quantitative estimate of drug-likeness (QED) is 0.365. The van der Waals surface area contributed by atoms with Crippen LogP contribution in [0.15, 0.2) is 34.3 Å². The molecule has 2 aromatic carbocycles. The van der Waals surface area contributed by atoms with E-state index in [1.54, 1.807) is 12.4 Å². The molecule has 0 bridgehead atoms. The second-order valence-corrected chi connectivity index (χ2v) is 15.4. The molecule has 2 atom stereocenters. The molecule has 5 rings (SSSR count). The van der Waals surface area contributed by atoms with Crippen LogP contribution in [0.3, 0.4) is 0 Å². The van der Waals surface area contributed by atoms with Crippen LogP contribution in [0, 0.1) is 0 Å². The van der Waals surface area contributed by atoms with Gasteiger partial charge in [0.25, 0.3) is 0 Å². The van der Waals surface area contributed by atoms with E-state index in [4.69, 9.17) is 19.5 Å². The summed E-state index contributed by atoms with van der Waals surface area (Å²) in [6.45, 7) is 20.5. The molecular formula is C38H54CoN4O4. The van der Waals surface area contributed by atoms with E-state index in [1.807, 2.05) is 12.1 Å². The summed E-state index contributed by atoms with van der Waals surface area (Å²) in [6, 6.07) is 8.16. The number of aliphatic imine (C=N–C) groups is 2. The fraction of sp³-hybridized carbons (Fsp3) is 0.632. The van der Waals surface area contributed by atoms with Gasteiger partial charge >= 0.3 is 16.8 Å². The summed E-state index contributed by atoms with van der Waals surface area (Å²) < 4.78 is 11.0. The van der Waals surface area contributed by atoms with E-state index in [-0.39, 0.29) is 51.2 Å². The number of benzene rings is 2. The number of hydrogen-bond donors (Lipinski definition) is 0. The van der Waals surface area contributed by atoms with Gasteiger partial charge in [-0.2, -0.15) is 0 Å². The van der Waals surface area contributed by atoms with Gasteiger partial charge in [-0.05, 0) is 57.1 Å². The van der Waals surface area contributed by atoms with Crippen LogP contribution in [0.25, 0.3) is 0 Å². The minimum Gasteiger partial charge on any atom is -0.872 e. The number of rotatable bonds is 8. The molecular weight excluding hydrogens is 635 g/mol. The van der Waals surface area contributed by atoms with Crippen LogP contribution in [0.5, 0.6) is 11.5 Å². The van der Waals surface area contributed by atoms with Crippen LogP contribution in [-0.2, 0) is 50.2 Å². The van der Waals surface area contributed by atoms with Gasteiger partial charge in [0.15, 0.2) is 0 Å². The van der Waals surface area contributed by atoms with E-state index in [1.165, 1.54) is 0 Å². The Morgan fingerprint density at radius 2 is 1.02 bits per heavy atom. The summed E-state index contributed by atoms with van der Waals surface area (Å²) in [6.07, 6.45) is 7.61. The predicted octanol–water partition coefficient (Wildman–Crippen LogP) is 4.94. The molecule has 2 saturated heterocycles. The van der Waals surface area contributed by atoms with Gasteiger partial charge in [-0.3, -0.25) is 19.8 Å². The van der Waals surface area contributed by atoms with Crippen molar-refractivity contribution in [3.63, 3.8) is 0 Å². The Morgan fingerprint density at radius 1 is 0.660 bits per heavy atom. The summed E-state index contributed by atoms with van der Waals surface area (Å²) in [5.41, 5.74) is 5.05. The molecule has 0 aromatic heterocycles. The van der Waals surface area contributed by atoms with Crippen LogP contribution in [0.1, 0.15) is 101 Å². The van der Waals surface area contributed by atoms with E-state index >= 15 is 0 Å². The molecule has 0 unspecified atom stereocenters. The summed E-state index contributed by atoms with van der Waals surface area (Å²) in [4.78, 5) is 14.6. The third-order valence-electron chi connectivity index (χ3n) is 9.62. The van der Waals surface area contributed by atoms with Crippen LogP contribution in [0.4, 0.5) is 0 Å². The molecule has 3 aliphatic rings. The van der Waals surface area contributed by atoms with Gasteiger partial charge in [0.1, 0.15) is 0 Å². The Bertz CT molecular complexity index is 1280.